The van der Waals surface area contributed by atoms with Crippen LogP contribution in [0.1, 0.15) is 23.4 Å². The molecule has 2 heterocycles. The van der Waals surface area contributed by atoms with E-state index >= 15 is 0 Å². The summed E-state index contributed by atoms with van der Waals surface area (Å²) < 4.78 is 0. The first-order valence-electron chi connectivity index (χ1n) is 6.66. The lowest BCUT2D eigenvalue weighted by molar-refractivity contribution is -0.122. The lowest BCUT2D eigenvalue weighted by Gasteiger charge is -2.18. The summed E-state index contributed by atoms with van der Waals surface area (Å²) in [4.78, 5) is 19.2. The Kier molecular flexibility index (Phi) is 5.73. The highest BCUT2D eigenvalue weighted by Crippen LogP contribution is 2.17. The molecule has 0 fully saturated rings. The number of nitrogens with one attached hydrogen (secondary N) is 1. The van der Waals surface area contributed by atoms with Crippen molar-refractivity contribution in [2.45, 2.75) is 19.5 Å². The Morgan fingerprint density at radius 1 is 1.48 bits per heavy atom. The van der Waals surface area contributed by atoms with Crippen LogP contribution in [-0.2, 0) is 11.3 Å². The topological polar surface area (TPSA) is 45.2 Å². The van der Waals surface area contributed by atoms with Crippen LogP contribution in [0.15, 0.2) is 35.8 Å². The maximum absolute atomic E-state index is 12.0. The largest absolute Gasteiger partial charge is 0.348 e. The van der Waals surface area contributed by atoms with E-state index in [4.69, 9.17) is 11.6 Å². The van der Waals surface area contributed by atoms with Crippen molar-refractivity contribution in [3.63, 3.8) is 0 Å². The van der Waals surface area contributed by atoms with Crippen molar-refractivity contribution in [2.24, 2.45) is 0 Å². The number of nitrogens with zero attached hydrogens (tertiary/aromatic N) is 2. The van der Waals surface area contributed by atoms with Crippen molar-refractivity contribution in [2.75, 3.05) is 13.6 Å². The normalized spacial score (nSPS) is 12.4. The SMILES string of the molecule is CC(NC(=O)CN(C)Cc1ccc(Cl)nc1)c1cccs1. The lowest BCUT2D eigenvalue weighted by atomic mass is 10.2. The minimum atomic E-state index is 0.0142. The molecule has 0 radical (unpaired) electrons. The summed E-state index contributed by atoms with van der Waals surface area (Å²) in [7, 11) is 1.91. The number of pyridine rings is 1. The Balaban J connectivity index is 1.80. The third-order valence-electron chi connectivity index (χ3n) is 3.00. The summed E-state index contributed by atoms with van der Waals surface area (Å²) in [5, 5.41) is 5.49. The fraction of sp³-hybridized carbons (Fsp3) is 0.333. The van der Waals surface area contributed by atoms with Gasteiger partial charge < -0.3 is 5.32 Å². The van der Waals surface area contributed by atoms with Gasteiger partial charge in [0.15, 0.2) is 0 Å². The summed E-state index contributed by atoms with van der Waals surface area (Å²) in [5.74, 6) is 0.0142. The van der Waals surface area contributed by atoms with Gasteiger partial charge >= 0.3 is 0 Å². The fourth-order valence-corrected chi connectivity index (χ4v) is 2.85. The molecule has 1 unspecified atom stereocenters. The molecule has 2 aromatic heterocycles. The van der Waals surface area contributed by atoms with Crippen LogP contribution in [0.5, 0.6) is 0 Å². The van der Waals surface area contributed by atoms with E-state index in [0.29, 0.717) is 18.2 Å². The number of likely N-dealkylation sites (N-methyl/N-ethyl adjacent to an activating group) is 1. The molecule has 0 aliphatic rings. The Bertz CT molecular complexity index is 571. The standard InChI is InChI=1S/C15H18ClN3OS/c1-11(13-4-3-7-21-13)18-15(20)10-19(2)9-12-5-6-14(16)17-8-12/h3-8,11H,9-10H2,1-2H3,(H,18,20). The molecule has 0 saturated carbocycles. The number of carbonyl (C=O) groups is 1. The van der Waals surface area contributed by atoms with Gasteiger partial charge in [0.25, 0.3) is 0 Å². The maximum Gasteiger partial charge on any atom is 0.234 e. The number of thiophene rings is 1. The van der Waals surface area contributed by atoms with E-state index in [2.05, 4.69) is 10.3 Å². The average Bonchev–Trinajstić information content (AvgIpc) is 2.95. The van der Waals surface area contributed by atoms with Crippen LogP contribution in [0, 0.1) is 0 Å². The highest BCUT2D eigenvalue weighted by molar-refractivity contribution is 7.10. The molecule has 21 heavy (non-hydrogen) atoms. The number of hydrogen-bond donors (Lipinski definition) is 1. The molecule has 1 amide bonds. The third-order valence-corrected chi connectivity index (χ3v) is 4.28. The van der Waals surface area contributed by atoms with Gasteiger partial charge in [-0.25, -0.2) is 4.98 Å². The van der Waals surface area contributed by atoms with Crippen molar-refractivity contribution in [3.8, 4) is 0 Å². The first kappa shape index (κ1) is 15.9. The number of hydrogen-bond acceptors (Lipinski definition) is 4. The summed E-state index contributed by atoms with van der Waals surface area (Å²) >= 11 is 7.40. The average molecular weight is 324 g/mol. The molecule has 4 nitrogen and oxygen atoms in total. The fourth-order valence-electron chi connectivity index (χ4n) is 2.01. The van der Waals surface area contributed by atoms with Crippen LogP contribution in [0.3, 0.4) is 0 Å². The van der Waals surface area contributed by atoms with E-state index in [1.807, 2.05) is 42.5 Å². The third kappa shape index (κ3) is 5.12. The van der Waals surface area contributed by atoms with Gasteiger partial charge in [0, 0.05) is 17.6 Å². The van der Waals surface area contributed by atoms with Crippen molar-refractivity contribution in [3.05, 3.63) is 51.4 Å². The van der Waals surface area contributed by atoms with Gasteiger partial charge in [-0.2, -0.15) is 0 Å². The Hall–Kier alpha value is -1.43. The van der Waals surface area contributed by atoms with Crippen LogP contribution < -0.4 is 5.32 Å². The van der Waals surface area contributed by atoms with E-state index < -0.39 is 0 Å². The molecule has 0 aromatic carbocycles. The second-order valence-corrected chi connectivity index (χ2v) is 6.33. The van der Waals surface area contributed by atoms with Crippen molar-refractivity contribution < 1.29 is 4.79 Å². The minimum Gasteiger partial charge on any atom is -0.348 e. The number of halogens is 1. The van der Waals surface area contributed by atoms with Crippen LogP contribution in [-0.4, -0.2) is 29.4 Å². The molecule has 1 N–H and O–H groups in total. The van der Waals surface area contributed by atoms with Crippen molar-refractivity contribution in [1.29, 1.82) is 0 Å². The second-order valence-electron chi connectivity index (χ2n) is 4.97. The van der Waals surface area contributed by atoms with Crippen LogP contribution in [0.25, 0.3) is 0 Å². The zero-order valence-corrected chi connectivity index (χ0v) is 13.6. The Labute approximate surface area is 133 Å². The van der Waals surface area contributed by atoms with E-state index in [1.54, 1.807) is 23.6 Å². The summed E-state index contributed by atoms with van der Waals surface area (Å²) in [6.07, 6.45) is 1.73. The van der Waals surface area contributed by atoms with Gasteiger partial charge in [0.2, 0.25) is 5.91 Å². The van der Waals surface area contributed by atoms with Gasteiger partial charge in [-0.15, -0.1) is 11.3 Å². The minimum absolute atomic E-state index is 0.0142. The number of carbonyl (C=O) groups excluding carboxylic acids is 1. The molecule has 0 aliphatic carbocycles. The highest BCUT2D eigenvalue weighted by Gasteiger charge is 2.12. The van der Waals surface area contributed by atoms with Crippen molar-refractivity contribution in [1.82, 2.24) is 15.2 Å². The van der Waals surface area contributed by atoms with Crippen molar-refractivity contribution >= 4 is 28.8 Å². The van der Waals surface area contributed by atoms with Gasteiger partial charge in [-0.1, -0.05) is 23.7 Å². The van der Waals surface area contributed by atoms with Gasteiger partial charge in [0.1, 0.15) is 5.15 Å². The summed E-state index contributed by atoms with van der Waals surface area (Å²) in [5.41, 5.74) is 1.03. The molecular formula is C15H18ClN3OS. The van der Waals surface area contributed by atoms with E-state index in [0.717, 1.165) is 10.4 Å². The highest BCUT2D eigenvalue weighted by atomic mass is 35.5. The molecule has 1 atom stereocenters. The monoisotopic (exact) mass is 323 g/mol. The second kappa shape index (κ2) is 7.54. The van der Waals surface area contributed by atoms with Crippen LogP contribution >= 0.6 is 22.9 Å². The molecule has 0 spiro atoms. The molecule has 0 aliphatic heterocycles. The zero-order chi connectivity index (χ0) is 15.2. The van der Waals surface area contributed by atoms with Gasteiger partial charge in [-0.3, -0.25) is 9.69 Å². The molecule has 0 saturated heterocycles. The molecule has 112 valence electrons. The molecule has 2 rings (SSSR count). The zero-order valence-electron chi connectivity index (χ0n) is 12.0. The van der Waals surface area contributed by atoms with Gasteiger partial charge in [0.05, 0.1) is 12.6 Å². The van der Waals surface area contributed by atoms with E-state index in [-0.39, 0.29) is 11.9 Å². The number of aromatic nitrogens is 1. The molecule has 0 bridgehead atoms. The Morgan fingerprint density at radius 3 is 2.90 bits per heavy atom. The van der Waals surface area contributed by atoms with Crippen LogP contribution in [0.4, 0.5) is 0 Å². The smallest absolute Gasteiger partial charge is 0.234 e. The lowest BCUT2D eigenvalue weighted by Crippen LogP contribution is -2.36. The van der Waals surface area contributed by atoms with Gasteiger partial charge in [-0.05, 0) is 37.0 Å². The molecular weight excluding hydrogens is 306 g/mol. The first-order chi connectivity index (χ1) is 10.0. The summed E-state index contributed by atoms with van der Waals surface area (Å²) in [6, 6.07) is 7.73. The quantitative estimate of drug-likeness (QED) is 0.831. The molecule has 2 aromatic rings. The number of rotatable bonds is 6. The van der Waals surface area contributed by atoms with E-state index in [9.17, 15) is 4.79 Å². The van der Waals surface area contributed by atoms with E-state index in [1.165, 1.54) is 0 Å². The Morgan fingerprint density at radius 2 is 2.29 bits per heavy atom. The molecule has 6 heteroatoms. The first-order valence-corrected chi connectivity index (χ1v) is 7.92. The predicted octanol–water partition coefficient (Wildman–Crippen LogP) is 3.11. The summed E-state index contributed by atoms with van der Waals surface area (Å²) in [6.45, 7) is 3.00. The number of amides is 1. The van der Waals surface area contributed by atoms with Crippen LogP contribution in [0.2, 0.25) is 5.15 Å². The predicted molar refractivity (Wildman–Crippen MR) is 86.5 cm³/mol. The maximum atomic E-state index is 12.0.